The number of rotatable bonds is 5. The molecule has 5 heteroatoms. The largest absolute Gasteiger partial charge is 0.370 e. The van der Waals surface area contributed by atoms with Crippen LogP contribution >= 0.6 is 30.4 Å². The van der Waals surface area contributed by atoms with E-state index >= 15 is 0 Å². The zero-order chi connectivity index (χ0) is 16.0. The number of hydrogen-bond donors (Lipinski definition) is 0. The smallest absolute Gasteiger partial charge is 0.0932 e. The van der Waals surface area contributed by atoms with Crippen molar-refractivity contribution in [3.05, 3.63) is 35.4 Å². The van der Waals surface area contributed by atoms with Crippen molar-refractivity contribution in [2.75, 3.05) is 13.2 Å². The summed E-state index contributed by atoms with van der Waals surface area (Å²) in [5.74, 6) is 0. The van der Waals surface area contributed by atoms with Crippen LogP contribution in [0.5, 0.6) is 0 Å². The van der Waals surface area contributed by atoms with Crippen LogP contribution in [0.4, 0.5) is 0 Å². The van der Waals surface area contributed by atoms with Crippen molar-refractivity contribution in [1.29, 1.82) is 5.26 Å². The molecule has 4 aliphatic rings. The second-order valence-corrected chi connectivity index (χ2v) is 8.82. The predicted molar refractivity (Wildman–Crippen MR) is 99.1 cm³/mol. The van der Waals surface area contributed by atoms with Gasteiger partial charge < -0.3 is 8.92 Å². The highest BCUT2D eigenvalue weighted by Crippen LogP contribution is 2.54. The van der Waals surface area contributed by atoms with Crippen molar-refractivity contribution in [2.45, 2.75) is 49.5 Å². The molecule has 0 radical (unpaired) electrons. The Morgan fingerprint density at radius 3 is 2.22 bits per heavy atom. The van der Waals surface area contributed by atoms with Gasteiger partial charge in [-0.15, -0.1) is 0 Å². The van der Waals surface area contributed by atoms with Gasteiger partial charge in [0.15, 0.2) is 0 Å². The summed E-state index contributed by atoms with van der Waals surface area (Å²) in [7, 11) is 1.42. The van der Waals surface area contributed by atoms with Crippen LogP contribution in [-0.2, 0) is 19.9 Å². The van der Waals surface area contributed by atoms with Gasteiger partial charge >= 0.3 is 0 Å². The SMILES string of the molecule is N#CC1(c2ccc(C34CCC(COSI)(CC3)CO4)cc2)CC1. The minimum atomic E-state index is -0.195. The van der Waals surface area contributed by atoms with Crippen molar-refractivity contribution in [3.63, 3.8) is 0 Å². The van der Waals surface area contributed by atoms with Crippen molar-refractivity contribution in [2.24, 2.45) is 5.41 Å². The van der Waals surface area contributed by atoms with Crippen LogP contribution in [0.2, 0.25) is 0 Å². The van der Waals surface area contributed by atoms with Gasteiger partial charge in [0, 0.05) is 26.6 Å². The molecule has 0 spiro atoms. The molecule has 5 rings (SSSR count). The molecule has 2 saturated carbocycles. The Hall–Kier alpha value is -0.290. The van der Waals surface area contributed by atoms with Gasteiger partial charge in [-0.2, -0.15) is 5.26 Å². The molecule has 4 fully saturated rings. The molecule has 2 aliphatic heterocycles. The zero-order valence-electron chi connectivity index (χ0n) is 13.0. The van der Waals surface area contributed by atoms with E-state index in [0.717, 1.165) is 38.9 Å². The van der Waals surface area contributed by atoms with E-state index in [0.29, 0.717) is 0 Å². The van der Waals surface area contributed by atoms with Crippen molar-refractivity contribution in [1.82, 2.24) is 0 Å². The summed E-state index contributed by atoms with van der Waals surface area (Å²) in [6.07, 6.45) is 6.50. The summed E-state index contributed by atoms with van der Waals surface area (Å²) in [4.78, 5) is 0. The number of ether oxygens (including phenoxy) is 1. The molecule has 1 aromatic rings. The van der Waals surface area contributed by atoms with Gasteiger partial charge in [0.25, 0.3) is 0 Å². The molecule has 23 heavy (non-hydrogen) atoms. The maximum Gasteiger partial charge on any atom is 0.0932 e. The molecule has 122 valence electrons. The monoisotopic (exact) mass is 441 g/mol. The van der Waals surface area contributed by atoms with E-state index in [9.17, 15) is 5.26 Å². The Kier molecular flexibility index (Phi) is 4.16. The van der Waals surface area contributed by atoms with Crippen molar-refractivity contribution < 1.29 is 8.92 Å². The van der Waals surface area contributed by atoms with Crippen LogP contribution in [0.15, 0.2) is 24.3 Å². The van der Waals surface area contributed by atoms with Gasteiger partial charge in [0.2, 0.25) is 0 Å². The molecule has 2 bridgehead atoms. The molecule has 0 aromatic heterocycles. The van der Waals surface area contributed by atoms with E-state index in [-0.39, 0.29) is 16.4 Å². The number of halogens is 1. The first kappa shape index (κ1) is 16.2. The molecule has 0 amide bonds. The standard InChI is InChI=1S/C18H20INO2S/c19-23-22-13-16-5-9-18(10-6-16,21-12-16)15-3-1-14(2-4-15)17(11-20)7-8-17/h1-4H,5-10,12-13H2. The van der Waals surface area contributed by atoms with Gasteiger partial charge in [-0.25, -0.2) is 0 Å². The number of hydrogen-bond acceptors (Lipinski definition) is 4. The summed E-state index contributed by atoms with van der Waals surface area (Å²) in [5.41, 5.74) is 2.38. The normalized spacial score (nSPS) is 34.1. The Morgan fingerprint density at radius 1 is 1.09 bits per heavy atom. The van der Waals surface area contributed by atoms with Crippen LogP contribution in [0.1, 0.15) is 49.7 Å². The van der Waals surface area contributed by atoms with Gasteiger partial charge in [0.05, 0.1) is 39.5 Å². The molecular formula is C18H20INO2S. The van der Waals surface area contributed by atoms with Gasteiger partial charge in [-0.3, -0.25) is 0 Å². The van der Waals surface area contributed by atoms with Crippen LogP contribution in [0.25, 0.3) is 0 Å². The fraction of sp³-hybridized carbons (Fsp3) is 0.611. The van der Waals surface area contributed by atoms with Crippen LogP contribution in [-0.4, -0.2) is 13.2 Å². The van der Waals surface area contributed by atoms with E-state index in [2.05, 4.69) is 51.5 Å². The summed E-state index contributed by atoms with van der Waals surface area (Å²) >= 11 is 2.18. The number of nitrogens with zero attached hydrogens (tertiary/aromatic N) is 1. The maximum atomic E-state index is 9.34. The zero-order valence-corrected chi connectivity index (χ0v) is 16.0. The van der Waals surface area contributed by atoms with E-state index in [4.69, 9.17) is 8.92 Å². The second-order valence-electron chi connectivity index (χ2n) is 7.38. The Balaban J connectivity index is 1.51. The van der Waals surface area contributed by atoms with E-state index < -0.39 is 0 Å². The third kappa shape index (κ3) is 2.72. The lowest BCUT2D eigenvalue weighted by Crippen LogP contribution is -2.50. The number of fused-ring (bicyclic) bond motifs is 3. The molecule has 0 unspecified atom stereocenters. The highest BCUT2D eigenvalue weighted by atomic mass is 127. The summed E-state index contributed by atoms with van der Waals surface area (Å²) in [5, 5.41) is 9.34. The van der Waals surface area contributed by atoms with Gasteiger partial charge in [-0.05, 0) is 49.7 Å². The highest BCUT2D eigenvalue weighted by molar-refractivity contribution is 14.2. The maximum absolute atomic E-state index is 9.34. The van der Waals surface area contributed by atoms with E-state index in [1.54, 1.807) is 0 Å². The number of benzene rings is 1. The minimum Gasteiger partial charge on any atom is -0.370 e. The Bertz CT molecular complexity index is 611. The van der Waals surface area contributed by atoms with E-state index in [1.165, 1.54) is 33.2 Å². The first-order valence-corrected chi connectivity index (χ1v) is 11.5. The Labute approximate surface area is 153 Å². The predicted octanol–water partition coefficient (Wildman–Crippen LogP) is 5.04. The minimum absolute atomic E-state index is 0.110. The summed E-state index contributed by atoms with van der Waals surface area (Å²) in [6, 6.07) is 11.2. The first-order chi connectivity index (χ1) is 11.2. The van der Waals surface area contributed by atoms with Crippen LogP contribution in [0, 0.1) is 16.7 Å². The van der Waals surface area contributed by atoms with Gasteiger partial charge in [-0.1, -0.05) is 24.3 Å². The molecular weight excluding hydrogens is 421 g/mol. The molecule has 0 atom stereocenters. The lowest BCUT2D eigenvalue weighted by molar-refractivity contribution is -0.196. The highest BCUT2D eigenvalue weighted by Gasteiger charge is 2.51. The molecule has 0 N–H and O–H groups in total. The van der Waals surface area contributed by atoms with E-state index in [1.807, 2.05) is 0 Å². The third-order valence-electron chi connectivity index (χ3n) is 6.11. The van der Waals surface area contributed by atoms with Crippen LogP contribution < -0.4 is 0 Å². The van der Waals surface area contributed by atoms with Gasteiger partial charge in [0.1, 0.15) is 0 Å². The third-order valence-corrected chi connectivity index (χ3v) is 7.08. The van der Waals surface area contributed by atoms with Crippen LogP contribution in [0.3, 0.4) is 0 Å². The molecule has 2 aliphatic carbocycles. The summed E-state index contributed by atoms with van der Waals surface area (Å²) in [6.45, 7) is 1.59. The quantitative estimate of drug-likeness (QED) is 0.474. The first-order valence-electron chi connectivity index (χ1n) is 8.23. The molecule has 3 nitrogen and oxygen atoms in total. The van der Waals surface area contributed by atoms with Crippen molar-refractivity contribution in [3.8, 4) is 6.07 Å². The average molecular weight is 441 g/mol. The lowest BCUT2D eigenvalue weighted by atomic mass is 9.64. The second kappa shape index (κ2) is 5.91. The summed E-state index contributed by atoms with van der Waals surface area (Å²) < 4.78 is 12.0. The lowest BCUT2D eigenvalue weighted by Gasteiger charge is -2.53. The molecule has 2 saturated heterocycles. The Morgan fingerprint density at radius 2 is 1.74 bits per heavy atom. The number of nitriles is 1. The van der Waals surface area contributed by atoms with Crippen molar-refractivity contribution >= 4 is 30.4 Å². The molecule has 1 aromatic carbocycles. The fourth-order valence-electron chi connectivity index (χ4n) is 4.15. The average Bonchev–Trinajstić information content (AvgIpc) is 3.43. The fourth-order valence-corrected chi connectivity index (χ4v) is 4.83. The molecule has 2 heterocycles. The topological polar surface area (TPSA) is 42.2 Å².